The van der Waals surface area contributed by atoms with E-state index in [1.165, 1.54) is 0 Å². The molecule has 2 aromatic carbocycles. The number of nitrogens with zero attached hydrogens (tertiary/aromatic N) is 5. The predicted molar refractivity (Wildman–Crippen MR) is 109 cm³/mol. The van der Waals surface area contributed by atoms with Crippen molar-refractivity contribution in [2.45, 2.75) is 19.9 Å². The number of nitriles is 1. The third-order valence-electron chi connectivity index (χ3n) is 4.70. The Balaban J connectivity index is 1.80. The summed E-state index contributed by atoms with van der Waals surface area (Å²) in [5.74, 6) is 0.165. The van der Waals surface area contributed by atoms with Crippen LogP contribution in [0.1, 0.15) is 23.6 Å². The molecule has 0 spiro atoms. The van der Waals surface area contributed by atoms with Crippen LogP contribution in [0.15, 0.2) is 48.7 Å². The molecule has 0 fully saturated rings. The van der Waals surface area contributed by atoms with Gasteiger partial charge in [-0.15, -0.1) is 0 Å². The molecule has 4 N–H and O–H groups in total. The summed E-state index contributed by atoms with van der Waals surface area (Å²) in [6, 6.07) is 15.4. The molecule has 0 saturated carbocycles. The highest BCUT2D eigenvalue weighted by molar-refractivity contribution is 5.91. The Morgan fingerprint density at radius 1 is 1.11 bits per heavy atom. The lowest BCUT2D eigenvalue weighted by molar-refractivity contribution is 0.703. The van der Waals surface area contributed by atoms with Gasteiger partial charge < -0.3 is 11.5 Å². The van der Waals surface area contributed by atoms with E-state index in [1.54, 1.807) is 23.0 Å². The van der Waals surface area contributed by atoms with Crippen LogP contribution in [-0.4, -0.2) is 19.7 Å². The predicted octanol–water partition coefficient (Wildman–Crippen LogP) is 3.14. The number of nitrogens with two attached hydrogens (primary N) is 2. The summed E-state index contributed by atoms with van der Waals surface area (Å²) in [4.78, 5) is 8.79. The van der Waals surface area contributed by atoms with Gasteiger partial charge in [-0.05, 0) is 35.7 Å². The largest absolute Gasteiger partial charge is 0.399 e. The highest BCUT2D eigenvalue weighted by Gasteiger charge is 2.14. The van der Waals surface area contributed by atoms with Gasteiger partial charge in [0, 0.05) is 11.3 Å². The van der Waals surface area contributed by atoms with Crippen molar-refractivity contribution in [3.8, 4) is 17.3 Å². The number of rotatable bonds is 4. The second-order valence-electron chi connectivity index (χ2n) is 6.55. The first kappa shape index (κ1) is 17.5. The molecule has 4 aromatic rings. The summed E-state index contributed by atoms with van der Waals surface area (Å²) in [6.07, 6.45) is 2.61. The Morgan fingerprint density at radius 2 is 1.96 bits per heavy atom. The SMILES string of the molecule is CCc1cc(Cn2ncc3c(-c4cccc(C#N)c4)nc(N)nc32)ccc1N. The Bertz CT molecular complexity index is 1220. The second kappa shape index (κ2) is 7.00. The lowest BCUT2D eigenvalue weighted by atomic mass is 10.1. The van der Waals surface area contributed by atoms with Gasteiger partial charge in [0.1, 0.15) is 0 Å². The normalized spacial score (nSPS) is 10.9. The Kier molecular flexibility index (Phi) is 4.38. The summed E-state index contributed by atoms with van der Waals surface area (Å²) >= 11 is 0. The molecular weight excluding hydrogens is 350 g/mol. The van der Waals surface area contributed by atoms with E-state index in [1.807, 2.05) is 24.3 Å². The van der Waals surface area contributed by atoms with Gasteiger partial charge in [0.15, 0.2) is 5.65 Å². The van der Waals surface area contributed by atoms with Gasteiger partial charge in [-0.25, -0.2) is 9.67 Å². The Morgan fingerprint density at radius 3 is 2.75 bits per heavy atom. The van der Waals surface area contributed by atoms with Crippen molar-refractivity contribution >= 4 is 22.7 Å². The quantitative estimate of drug-likeness (QED) is 0.533. The fourth-order valence-electron chi connectivity index (χ4n) is 3.28. The third kappa shape index (κ3) is 3.12. The molecule has 0 aliphatic carbocycles. The minimum absolute atomic E-state index is 0.165. The summed E-state index contributed by atoms with van der Waals surface area (Å²) in [6.45, 7) is 2.62. The van der Waals surface area contributed by atoms with Crippen LogP contribution in [0.5, 0.6) is 0 Å². The maximum atomic E-state index is 9.17. The smallest absolute Gasteiger partial charge is 0.222 e. The summed E-state index contributed by atoms with van der Waals surface area (Å²) < 4.78 is 1.80. The molecule has 0 saturated heterocycles. The maximum Gasteiger partial charge on any atom is 0.222 e. The summed E-state index contributed by atoms with van der Waals surface area (Å²) in [5, 5.41) is 14.5. The molecule has 0 unspecified atom stereocenters. The second-order valence-corrected chi connectivity index (χ2v) is 6.55. The van der Waals surface area contributed by atoms with E-state index in [2.05, 4.69) is 34.1 Å². The molecule has 0 aliphatic heterocycles. The van der Waals surface area contributed by atoms with Gasteiger partial charge in [0.05, 0.1) is 35.5 Å². The average molecular weight is 369 g/mol. The van der Waals surface area contributed by atoms with E-state index in [0.29, 0.717) is 23.4 Å². The highest BCUT2D eigenvalue weighted by atomic mass is 15.3. The molecule has 0 radical (unpaired) electrons. The average Bonchev–Trinajstić information content (AvgIpc) is 3.11. The highest BCUT2D eigenvalue weighted by Crippen LogP contribution is 2.28. The van der Waals surface area contributed by atoms with Crippen LogP contribution in [0.4, 0.5) is 11.6 Å². The Labute approximate surface area is 162 Å². The van der Waals surface area contributed by atoms with Gasteiger partial charge in [-0.1, -0.05) is 31.2 Å². The van der Waals surface area contributed by atoms with Crippen molar-refractivity contribution < 1.29 is 0 Å². The molecule has 2 heterocycles. The fourth-order valence-corrected chi connectivity index (χ4v) is 3.28. The number of hydrogen-bond acceptors (Lipinski definition) is 6. The number of aryl methyl sites for hydroxylation is 1. The number of nitrogen functional groups attached to an aromatic ring is 2. The molecule has 0 aliphatic rings. The molecule has 0 bridgehead atoms. The van der Waals surface area contributed by atoms with Crippen molar-refractivity contribution in [3.63, 3.8) is 0 Å². The van der Waals surface area contributed by atoms with Gasteiger partial charge in [-0.2, -0.15) is 15.3 Å². The lowest BCUT2D eigenvalue weighted by Gasteiger charge is -2.09. The van der Waals surface area contributed by atoms with Crippen molar-refractivity contribution in [2.24, 2.45) is 0 Å². The van der Waals surface area contributed by atoms with Crippen molar-refractivity contribution in [2.75, 3.05) is 11.5 Å². The minimum atomic E-state index is 0.165. The first-order chi connectivity index (χ1) is 13.6. The van der Waals surface area contributed by atoms with E-state index >= 15 is 0 Å². The number of fused-ring (bicyclic) bond motifs is 1. The molecule has 2 aromatic heterocycles. The molecule has 28 heavy (non-hydrogen) atoms. The van der Waals surface area contributed by atoms with Gasteiger partial charge in [-0.3, -0.25) is 0 Å². The topological polar surface area (TPSA) is 119 Å². The first-order valence-electron chi connectivity index (χ1n) is 8.96. The standard InChI is InChI=1S/C21H19N7/c1-2-15-9-14(6-7-18(15)23)12-28-20-17(11-25-28)19(26-21(24)27-20)16-5-3-4-13(8-16)10-22/h3-9,11H,2,12,23H2,1H3,(H2,24,26,27). The zero-order chi connectivity index (χ0) is 19.7. The van der Waals surface area contributed by atoms with Crippen LogP contribution in [0.25, 0.3) is 22.3 Å². The van der Waals surface area contributed by atoms with E-state index in [9.17, 15) is 5.26 Å². The number of anilines is 2. The van der Waals surface area contributed by atoms with Crippen molar-refractivity contribution in [1.82, 2.24) is 19.7 Å². The number of hydrogen-bond donors (Lipinski definition) is 2. The van der Waals surface area contributed by atoms with Gasteiger partial charge in [0.2, 0.25) is 5.95 Å². The lowest BCUT2D eigenvalue weighted by Crippen LogP contribution is -2.06. The van der Waals surface area contributed by atoms with Crippen LogP contribution in [0, 0.1) is 11.3 Å². The van der Waals surface area contributed by atoms with Crippen molar-refractivity contribution in [3.05, 3.63) is 65.4 Å². The maximum absolute atomic E-state index is 9.17. The third-order valence-corrected chi connectivity index (χ3v) is 4.70. The van der Waals surface area contributed by atoms with Crippen LogP contribution in [-0.2, 0) is 13.0 Å². The molecule has 0 atom stereocenters. The van der Waals surface area contributed by atoms with Gasteiger partial charge >= 0.3 is 0 Å². The monoisotopic (exact) mass is 369 g/mol. The fraction of sp³-hybridized carbons (Fsp3) is 0.143. The zero-order valence-electron chi connectivity index (χ0n) is 15.4. The van der Waals surface area contributed by atoms with Gasteiger partial charge in [0.25, 0.3) is 0 Å². The van der Waals surface area contributed by atoms with Crippen LogP contribution in [0.2, 0.25) is 0 Å². The number of benzene rings is 2. The van der Waals surface area contributed by atoms with Crippen LogP contribution >= 0.6 is 0 Å². The molecule has 0 amide bonds. The van der Waals surface area contributed by atoms with E-state index in [-0.39, 0.29) is 5.95 Å². The molecule has 7 nitrogen and oxygen atoms in total. The molecule has 7 heteroatoms. The van der Waals surface area contributed by atoms with Crippen LogP contribution < -0.4 is 11.5 Å². The number of aromatic nitrogens is 4. The molecular formula is C21H19N7. The summed E-state index contributed by atoms with van der Waals surface area (Å²) in [7, 11) is 0. The molecule has 4 rings (SSSR count). The first-order valence-corrected chi connectivity index (χ1v) is 8.96. The minimum Gasteiger partial charge on any atom is -0.399 e. The van der Waals surface area contributed by atoms with E-state index in [4.69, 9.17) is 11.5 Å². The van der Waals surface area contributed by atoms with Crippen molar-refractivity contribution in [1.29, 1.82) is 5.26 Å². The molecule has 138 valence electrons. The van der Waals surface area contributed by atoms with Crippen LogP contribution in [0.3, 0.4) is 0 Å². The van der Waals surface area contributed by atoms with E-state index < -0.39 is 0 Å². The zero-order valence-corrected chi connectivity index (χ0v) is 15.4. The summed E-state index contributed by atoms with van der Waals surface area (Å²) in [5.41, 5.74) is 17.7. The Hall–Kier alpha value is -3.92. The van der Waals surface area contributed by atoms with E-state index in [0.717, 1.165) is 34.2 Å².